The van der Waals surface area contributed by atoms with Crippen molar-refractivity contribution in [3.05, 3.63) is 60.4 Å². The molecule has 1 saturated heterocycles. The summed E-state index contributed by atoms with van der Waals surface area (Å²) in [7, 11) is 0. The van der Waals surface area contributed by atoms with E-state index < -0.39 is 0 Å². The summed E-state index contributed by atoms with van der Waals surface area (Å²) in [5, 5.41) is 4.02. The number of aromatic nitrogens is 3. The van der Waals surface area contributed by atoms with Crippen molar-refractivity contribution in [3.8, 4) is 17.3 Å². The molecule has 0 saturated carbocycles. The zero-order valence-electron chi connectivity index (χ0n) is 14.9. The minimum Gasteiger partial charge on any atom is -0.493 e. The second-order valence-electron chi connectivity index (χ2n) is 6.73. The zero-order chi connectivity index (χ0) is 18.5. The van der Waals surface area contributed by atoms with E-state index in [4.69, 9.17) is 9.26 Å². The average Bonchev–Trinajstić information content (AvgIpc) is 3.17. The number of ether oxygens (including phenoxy) is 1. The molecular weight excluding hydrogens is 347 g/mol. The van der Waals surface area contributed by atoms with E-state index in [9.17, 15) is 4.39 Å². The Morgan fingerprint density at radius 3 is 2.89 bits per heavy atom. The highest BCUT2D eigenvalue weighted by molar-refractivity contribution is 5.46. The van der Waals surface area contributed by atoms with E-state index in [0.29, 0.717) is 42.2 Å². The zero-order valence-corrected chi connectivity index (χ0v) is 14.9. The maximum Gasteiger partial charge on any atom is 0.241 e. The molecule has 1 aliphatic rings. The number of likely N-dealkylation sites (tertiary alicyclic amines) is 1. The fraction of sp³-hybridized carbons (Fsp3) is 0.350. The van der Waals surface area contributed by atoms with Gasteiger partial charge in [0.05, 0.1) is 13.2 Å². The van der Waals surface area contributed by atoms with Crippen molar-refractivity contribution in [3.63, 3.8) is 0 Å². The van der Waals surface area contributed by atoms with E-state index in [-0.39, 0.29) is 5.82 Å². The summed E-state index contributed by atoms with van der Waals surface area (Å²) in [5.41, 5.74) is 0.705. The van der Waals surface area contributed by atoms with Crippen LogP contribution < -0.4 is 4.74 Å². The van der Waals surface area contributed by atoms with E-state index in [1.165, 1.54) is 12.1 Å². The van der Waals surface area contributed by atoms with Gasteiger partial charge in [-0.3, -0.25) is 9.88 Å². The average molecular weight is 368 g/mol. The quantitative estimate of drug-likeness (QED) is 0.663. The molecule has 0 bridgehead atoms. The molecule has 4 rings (SSSR count). The lowest BCUT2D eigenvalue weighted by Crippen LogP contribution is -2.37. The standard InChI is InChI=1S/C20H21FN4O2/c21-16-6-8-17(9-7-16)26-14-15-4-3-11-25(12-15)13-19-23-20(24-27-19)18-5-1-2-10-22-18/h1-2,5-10,15H,3-4,11-14H2/t15-/m0/s1. The first-order valence-corrected chi connectivity index (χ1v) is 9.11. The van der Waals surface area contributed by atoms with Crippen LogP contribution in [-0.4, -0.2) is 39.7 Å². The van der Waals surface area contributed by atoms with Crippen molar-refractivity contribution in [2.24, 2.45) is 5.92 Å². The molecule has 0 amide bonds. The highest BCUT2D eigenvalue weighted by Gasteiger charge is 2.22. The molecule has 0 radical (unpaired) electrons. The molecule has 3 aromatic rings. The number of hydrogen-bond acceptors (Lipinski definition) is 6. The lowest BCUT2D eigenvalue weighted by atomic mass is 9.99. The normalized spacial score (nSPS) is 17.7. The highest BCUT2D eigenvalue weighted by atomic mass is 19.1. The Hall–Kier alpha value is -2.80. The first-order valence-electron chi connectivity index (χ1n) is 9.11. The second kappa shape index (κ2) is 8.26. The molecule has 1 aromatic carbocycles. The molecule has 3 heterocycles. The molecule has 27 heavy (non-hydrogen) atoms. The maximum absolute atomic E-state index is 13.0. The first-order chi connectivity index (χ1) is 13.3. The van der Waals surface area contributed by atoms with Gasteiger partial charge in [-0.1, -0.05) is 11.2 Å². The summed E-state index contributed by atoms with van der Waals surface area (Å²) >= 11 is 0. The van der Waals surface area contributed by atoms with Gasteiger partial charge in [0.1, 0.15) is 17.3 Å². The van der Waals surface area contributed by atoms with Gasteiger partial charge in [0.2, 0.25) is 11.7 Å². The van der Waals surface area contributed by atoms with Gasteiger partial charge < -0.3 is 9.26 Å². The van der Waals surface area contributed by atoms with Crippen LogP contribution in [0.2, 0.25) is 0 Å². The molecule has 2 aromatic heterocycles. The van der Waals surface area contributed by atoms with Crippen LogP contribution in [0.25, 0.3) is 11.5 Å². The Morgan fingerprint density at radius 2 is 2.07 bits per heavy atom. The predicted molar refractivity (Wildman–Crippen MR) is 97.4 cm³/mol. The molecule has 7 heteroatoms. The first kappa shape index (κ1) is 17.6. The van der Waals surface area contributed by atoms with Crippen molar-refractivity contribution in [2.45, 2.75) is 19.4 Å². The van der Waals surface area contributed by atoms with Gasteiger partial charge in [0, 0.05) is 18.7 Å². The highest BCUT2D eigenvalue weighted by Crippen LogP contribution is 2.21. The number of rotatable bonds is 6. The van der Waals surface area contributed by atoms with E-state index in [0.717, 1.165) is 25.9 Å². The van der Waals surface area contributed by atoms with Crippen molar-refractivity contribution in [2.75, 3.05) is 19.7 Å². The molecule has 0 spiro atoms. The Morgan fingerprint density at radius 1 is 1.19 bits per heavy atom. The van der Waals surface area contributed by atoms with Crippen molar-refractivity contribution < 1.29 is 13.7 Å². The van der Waals surface area contributed by atoms with E-state index >= 15 is 0 Å². The monoisotopic (exact) mass is 368 g/mol. The lowest BCUT2D eigenvalue weighted by Gasteiger charge is -2.31. The maximum atomic E-state index is 13.0. The van der Waals surface area contributed by atoms with Crippen LogP contribution in [0, 0.1) is 11.7 Å². The third kappa shape index (κ3) is 4.68. The number of pyridine rings is 1. The van der Waals surface area contributed by atoms with Gasteiger partial charge in [-0.05, 0) is 55.8 Å². The third-order valence-corrected chi connectivity index (χ3v) is 4.62. The fourth-order valence-corrected chi connectivity index (χ4v) is 3.29. The van der Waals surface area contributed by atoms with Crippen molar-refractivity contribution >= 4 is 0 Å². The molecule has 0 aliphatic carbocycles. The topological polar surface area (TPSA) is 64.3 Å². The number of halogens is 1. The van der Waals surface area contributed by atoms with Crippen molar-refractivity contribution in [1.82, 2.24) is 20.0 Å². The van der Waals surface area contributed by atoms with E-state index in [1.54, 1.807) is 18.3 Å². The molecule has 0 unspecified atom stereocenters. The molecule has 1 fully saturated rings. The summed E-state index contributed by atoms with van der Waals surface area (Å²) in [6.07, 6.45) is 3.92. The Bertz CT molecular complexity index is 854. The van der Waals surface area contributed by atoms with E-state index in [2.05, 4.69) is 20.0 Å². The lowest BCUT2D eigenvalue weighted by molar-refractivity contribution is 0.115. The van der Waals surface area contributed by atoms with Crippen LogP contribution in [0.4, 0.5) is 4.39 Å². The molecule has 0 N–H and O–H groups in total. The Kier molecular flexibility index (Phi) is 5.39. The van der Waals surface area contributed by atoms with Crippen LogP contribution in [-0.2, 0) is 6.54 Å². The summed E-state index contributed by atoms with van der Waals surface area (Å²) in [4.78, 5) is 11.0. The van der Waals surface area contributed by atoms with Crippen LogP contribution in [0.5, 0.6) is 5.75 Å². The minimum absolute atomic E-state index is 0.254. The molecular formula is C20H21FN4O2. The minimum atomic E-state index is -0.254. The summed E-state index contributed by atoms with van der Waals surface area (Å²) in [6.45, 7) is 3.13. The van der Waals surface area contributed by atoms with Gasteiger partial charge in [-0.2, -0.15) is 4.98 Å². The van der Waals surface area contributed by atoms with Gasteiger partial charge in [0.15, 0.2) is 0 Å². The van der Waals surface area contributed by atoms with Crippen LogP contribution >= 0.6 is 0 Å². The number of hydrogen-bond donors (Lipinski definition) is 0. The molecule has 1 atom stereocenters. The summed E-state index contributed by atoms with van der Waals surface area (Å²) in [5.74, 6) is 1.97. The van der Waals surface area contributed by atoms with E-state index in [1.807, 2.05) is 18.2 Å². The largest absolute Gasteiger partial charge is 0.493 e. The molecule has 6 nitrogen and oxygen atoms in total. The van der Waals surface area contributed by atoms with Crippen LogP contribution in [0.15, 0.2) is 53.2 Å². The van der Waals surface area contributed by atoms with Gasteiger partial charge >= 0.3 is 0 Å². The third-order valence-electron chi connectivity index (χ3n) is 4.62. The fourth-order valence-electron chi connectivity index (χ4n) is 3.29. The predicted octanol–water partition coefficient (Wildman–Crippen LogP) is 3.56. The Labute approximate surface area is 157 Å². The van der Waals surface area contributed by atoms with Crippen molar-refractivity contribution in [1.29, 1.82) is 0 Å². The summed E-state index contributed by atoms with van der Waals surface area (Å²) in [6, 6.07) is 11.8. The second-order valence-corrected chi connectivity index (χ2v) is 6.73. The smallest absolute Gasteiger partial charge is 0.241 e. The van der Waals surface area contributed by atoms with Gasteiger partial charge in [0.25, 0.3) is 0 Å². The summed E-state index contributed by atoms with van der Waals surface area (Å²) < 4.78 is 24.2. The number of nitrogens with zero attached hydrogens (tertiary/aromatic N) is 4. The molecule has 1 aliphatic heterocycles. The Balaban J connectivity index is 1.31. The van der Waals surface area contributed by atoms with Gasteiger partial charge in [-0.25, -0.2) is 4.39 Å². The number of benzene rings is 1. The number of piperidine rings is 1. The van der Waals surface area contributed by atoms with Crippen LogP contribution in [0.3, 0.4) is 0 Å². The van der Waals surface area contributed by atoms with Gasteiger partial charge in [-0.15, -0.1) is 0 Å². The molecule has 140 valence electrons. The SMILES string of the molecule is Fc1ccc(OC[C@H]2CCCN(Cc3nc(-c4ccccn4)no3)C2)cc1. The van der Waals surface area contributed by atoms with Crippen LogP contribution in [0.1, 0.15) is 18.7 Å².